The number of carbonyl (C=O) groups excluding carboxylic acids is 1. The van der Waals surface area contributed by atoms with Crippen molar-refractivity contribution in [2.75, 3.05) is 10.6 Å². The first-order valence-electron chi connectivity index (χ1n) is 8.40. The lowest BCUT2D eigenvalue weighted by Crippen LogP contribution is -2.15. The zero-order valence-corrected chi connectivity index (χ0v) is 14.3. The van der Waals surface area contributed by atoms with E-state index in [1.165, 1.54) is 12.4 Å². The number of fused-ring (bicyclic) bond motifs is 1. The van der Waals surface area contributed by atoms with Gasteiger partial charge in [0.1, 0.15) is 11.5 Å². The van der Waals surface area contributed by atoms with Crippen LogP contribution in [0.5, 0.6) is 0 Å². The SMILES string of the molecule is O=C(Nc1cccc2cccnc12)c1cnc(NCc2ccccn2)cn1. The summed E-state index contributed by atoms with van der Waals surface area (Å²) >= 11 is 0. The average Bonchev–Trinajstić information content (AvgIpc) is 2.74. The lowest BCUT2D eigenvalue weighted by atomic mass is 10.2. The molecule has 0 aliphatic carbocycles. The molecule has 0 bridgehead atoms. The number of aromatic nitrogens is 4. The number of benzene rings is 1. The van der Waals surface area contributed by atoms with E-state index in [2.05, 4.69) is 30.6 Å². The number of amides is 1. The Morgan fingerprint density at radius 1 is 0.852 bits per heavy atom. The molecule has 1 aromatic carbocycles. The van der Waals surface area contributed by atoms with Gasteiger partial charge in [0, 0.05) is 17.8 Å². The van der Waals surface area contributed by atoms with Crippen LogP contribution in [0.2, 0.25) is 0 Å². The molecule has 0 saturated heterocycles. The van der Waals surface area contributed by atoms with Gasteiger partial charge in [0.25, 0.3) is 5.91 Å². The lowest BCUT2D eigenvalue weighted by Gasteiger charge is -2.08. The third kappa shape index (κ3) is 3.87. The van der Waals surface area contributed by atoms with Gasteiger partial charge >= 0.3 is 0 Å². The minimum Gasteiger partial charge on any atom is -0.363 e. The monoisotopic (exact) mass is 356 g/mol. The van der Waals surface area contributed by atoms with E-state index in [-0.39, 0.29) is 11.6 Å². The first-order valence-corrected chi connectivity index (χ1v) is 8.40. The Labute approximate surface area is 155 Å². The summed E-state index contributed by atoms with van der Waals surface area (Å²) in [6.07, 6.45) is 6.39. The average molecular weight is 356 g/mol. The second kappa shape index (κ2) is 7.57. The Bertz CT molecular complexity index is 1060. The van der Waals surface area contributed by atoms with Crippen LogP contribution in [0.15, 0.2) is 73.3 Å². The molecule has 0 saturated carbocycles. The van der Waals surface area contributed by atoms with Crippen LogP contribution in [0.25, 0.3) is 10.9 Å². The molecule has 0 aliphatic rings. The number of carbonyl (C=O) groups is 1. The summed E-state index contributed by atoms with van der Waals surface area (Å²) in [5.74, 6) is 0.237. The quantitative estimate of drug-likeness (QED) is 0.570. The van der Waals surface area contributed by atoms with Crippen LogP contribution in [0.1, 0.15) is 16.2 Å². The lowest BCUT2D eigenvalue weighted by molar-refractivity contribution is 0.102. The molecule has 0 aliphatic heterocycles. The van der Waals surface area contributed by atoms with E-state index in [1.54, 1.807) is 12.4 Å². The summed E-state index contributed by atoms with van der Waals surface area (Å²) < 4.78 is 0. The van der Waals surface area contributed by atoms with Gasteiger partial charge in [0.15, 0.2) is 0 Å². The number of nitrogens with one attached hydrogen (secondary N) is 2. The van der Waals surface area contributed by atoms with E-state index in [0.29, 0.717) is 18.1 Å². The van der Waals surface area contributed by atoms with Gasteiger partial charge in [-0.1, -0.05) is 24.3 Å². The van der Waals surface area contributed by atoms with Gasteiger partial charge in [0.2, 0.25) is 0 Å². The summed E-state index contributed by atoms with van der Waals surface area (Å²) in [5, 5.41) is 6.92. The van der Waals surface area contributed by atoms with Crippen LogP contribution >= 0.6 is 0 Å². The summed E-state index contributed by atoms with van der Waals surface area (Å²) in [6.45, 7) is 0.530. The van der Waals surface area contributed by atoms with E-state index in [9.17, 15) is 4.79 Å². The fourth-order valence-electron chi connectivity index (χ4n) is 2.61. The molecule has 4 aromatic rings. The molecule has 7 nitrogen and oxygen atoms in total. The Balaban J connectivity index is 1.44. The second-order valence-corrected chi connectivity index (χ2v) is 5.80. The Hall–Kier alpha value is -3.87. The third-order valence-corrected chi connectivity index (χ3v) is 3.94. The van der Waals surface area contributed by atoms with Gasteiger partial charge in [-0.2, -0.15) is 0 Å². The Morgan fingerprint density at radius 3 is 2.56 bits per heavy atom. The molecule has 132 valence electrons. The predicted octanol–water partition coefficient (Wildman–Crippen LogP) is 3.28. The summed E-state index contributed by atoms with van der Waals surface area (Å²) in [5.41, 5.74) is 2.49. The van der Waals surface area contributed by atoms with Crippen molar-refractivity contribution in [1.29, 1.82) is 0 Å². The topological polar surface area (TPSA) is 92.7 Å². The van der Waals surface area contributed by atoms with Gasteiger partial charge in [-0.05, 0) is 24.3 Å². The number of anilines is 2. The number of rotatable bonds is 5. The molecule has 2 N–H and O–H groups in total. The van der Waals surface area contributed by atoms with Gasteiger partial charge in [0.05, 0.1) is 35.8 Å². The van der Waals surface area contributed by atoms with Crippen molar-refractivity contribution in [2.45, 2.75) is 6.54 Å². The molecule has 1 amide bonds. The Kier molecular flexibility index (Phi) is 4.65. The summed E-state index contributed by atoms with van der Waals surface area (Å²) in [7, 11) is 0. The van der Waals surface area contributed by atoms with Crippen LogP contribution in [0.4, 0.5) is 11.5 Å². The highest BCUT2D eigenvalue weighted by Crippen LogP contribution is 2.21. The van der Waals surface area contributed by atoms with Crippen molar-refractivity contribution in [3.8, 4) is 0 Å². The van der Waals surface area contributed by atoms with Gasteiger partial charge < -0.3 is 10.6 Å². The third-order valence-electron chi connectivity index (χ3n) is 3.94. The van der Waals surface area contributed by atoms with Gasteiger partial charge in [-0.15, -0.1) is 0 Å². The first kappa shape index (κ1) is 16.6. The van der Waals surface area contributed by atoms with E-state index in [4.69, 9.17) is 0 Å². The number of hydrogen-bond acceptors (Lipinski definition) is 6. The molecule has 0 unspecified atom stereocenters. The fraction of sp³-hybridized carbons (Fsp3) is 0.0500. The molecular weight excluding hydrogens is 340 g/mol. The van der Waals surface area contributed by atoms with Crippen molar-refractivity contribution in [3.63, 3.8) is 0 Å². The maximum atomic E-state index is 12.5. The van der Waals surface area contributed by atoms with Crippen LogP contribution in [-0.4, -0.2) is 25.8 Å². The highest BCUT2D eigenvalue weighted by molar-refractivity contribution is 6.07. The van der Waals surface area contributed by atoms with E-state index < -0.39 is 0 Å². The zero-order chi connectivity index (χ0) is 18.5. The largest absolute Gasteiger partial charge is 0.363 e. The smallest absolute Gasteiger partial charge is 0.275 e. The van der Waals surface area contributed by atoms with Crippen LogP contribution < -0.4 is 10.6 Å². The first-order chi connectivity index (χ1) is 13.3. The number of nitrogens with zero attached hydrogens (tertiary/aromatic N) is 4. The normalized spacial score (nSPS) is 10.5. The maximum Gasteiger partial charge on any atom is 0.275 e. The van der Waals surface area contributed by atoms with Crippen LogP contribution in [0, 0.1) is 0 Å². The molecule has 0 fully saturated rings. The number of hydrogen-bond donors (Lipinski definition) is 2. The molecular formula is C20H16N6O. The highest BCUT2D eigenvalue weighted by atomic mass is 16.1. The molecule has 7 heteroatoms. The molecule has 3 heterocycles. The van der Waals surface area contributed by atoms with Crippen LogP contribution in [0.3, 0.4) is 0 Å². The minimum atomic E-state index is -0.336. The fourth-order valence-corrected chi connectivity index (χ4v) is 2.61. The molecule has 0 atom stereocenters. The molecule has 0 spiro atoms. The molecule has 27 heavy (non-hydrogen) atoms. The van der Waals surface area contributed by atoms with E-state index in [1.807, 2.05) is 48.5 Å². The second-order valence-electron chi connectivity index (χ2n) is 5.80. The summed E-state index contributed by atoms with van der Waals surface area (Å²) in [4.78, 5) is 29.5. The van der Waals surface area contributed by atoms with E-state index in [0.717, 1.165) is 16.6 Å². The van der Waals surface area contributed by atoms with Crippen molar-refractivity contribution in [1.82, 2.24) is 19.9 Å². The standard InChI is InChI=1S/C20H16N6O/c27-20(26-16-8-3-5-14-6-4-10-22-19(14)16)17-12-25-18(13-23-17)24-11-15-7-1-2-9-21-15/h1-10,12-13H,11H2,(H,24,25)(H,26,27). The van der Waals surface area contributed by atoms with Crippen molar-refractivity contribution >= 4 is 28.3 Å². The van der Waals surface area contributed by atoms with E-state index >= 15 is 0 Å². The summed E-state index contributed by atoms with van der Waals surface area (Å²) in [6, 6.07) is 15.1. The number of para-hydroxylation sites is 1. The van der Waals surface area contributed by atoms with Crippen molar-refractivity contribution in [2.24, 2.45) is 0 Å². The van der Waals surface area contributed by atoms with Gasteiger partial charge in [-0.3, -0.25) is 14.8 Å². The molecule has 4 rings (SSSR count). The zero-order valence-electron chi connectivity index (χ0n) is 14.3. The Morgan fingerprint density at radius 2 is 1.74 bits per heavy atom. The maximum absolute atomic E-state index is 12.5. The highest BCUT2D eigenvalue weighted by Gasteiger charge is 2.11. The van der Waals surface area contributed by atoms with Crippen molar-refractivity contribution in [3.05, 3.63) is 84.7 Å². The van der Waals surface area contributed by atoms with Crippen molar-refractivity contribution < 1.29 is 4.79 Å². The molecule has 3 aromatic heterocycles. The van der Waals surface area contributed by atoms with Crippen LogP contribution in [-0.2, 0) is 6.54 Å². The molecule has 0 radical (unpaired) electrons. The van der Waals surface area contributed by atoms with Gasteiger partial charge in [-0.25, -0.2) is 9.97 Å². The minimum absolute atomic E-state index is 0.228. The number of pyridine rings is 2. The predicted molar refractivity (Wildman–Crippen MR) is 103 cm³/mol.